The van der Waals surface area contributed by atoms with Crippen LogP contribution in [0.15, 0.2) is 23.9 Å². The Morgan fingerprint density at radius 1 is 1.30 bits per heavy atom. The second kappa shape index (κ2) is 11.1. The van der Waals surface area contributed by atoms with Gasteiger partial charge in [-0.2, -0.15) is 0 Å². The zero-order chi connectivity index (χ0) is 8.41. The van der Waals surface area contributed by atoms with Crippen molar-refractivity contribution in [3.63, 3.8) is 0 Å². The van der Waals surface area contributed by atoms with Crippen molar-refractivity contribution in [2.45, 2.75) is 27.7 Å². The Hall–Kier alpha value is -0.720. The molecule has 0 aromatic heterocycles. The molecule has 0 aromatic carbocycles. The lowest BCUT2D eigenvalue weighted by Crippen LogP contribution is -1.99. The van der Waals surface area contributed by atoms with Gasteiger partial charge in [0.05, 0.1) is 0 Å². The van der Waals surface area contributed by atoms with Gasteiger partial charge < -0.3 is 5.32 Å². The van der Waals surface area contributed by atoms with E-state index in [9.17, 15) is 0 Å². The molecular formula is C9H19N. The molecule has 1 N–H and O–H groups in total. The molecule has 0 amide bonds. The predicted molar refractivity (Wildman–Crippen MR) is 49.0 cm³/mol. The van der Waals surface area contributed by atoms with Crippen LogP contribution in [0.1, 0.15) is 27.7 Å². The summed E-state index contributed by atoms with van der Waals surface area (Å²) in [4.78, 5) is 0. The summed E-state index contributed by atoms with van der Waals surface area (Å²) in [6, 6.07) is 0. The van der Waals surface area contributed by atoms with Crippen LogP contribution in [0.5, 0.6) is 0 Å². The second-order valence-electron chi connectivity index (χ2n) is 1.63. The summed E-state index contributed by atoms with van der Waals surface area (Å²) in [5.74, 6) is 0. The molecular weight excluding hydrogens is 122 g/mol. The van der Waals surface area contributed by atoms with E-state index in [1.807, 2.05) is 53.0 Å². The first kappa shape index (κ1) is 12.0. The predicted octanol–water partition coefficient (Wildman–Crippen LogP) is 2.71. The van der Waals surface area contributed by atoms with E-state index >= 15 is 0 Å². The van der Waals surface area contributed by atoms with E-state index in [1.165, 1.54) is 5.70 Å². The standard InChI is InChI=1S/C7H13N.C2H6/c1-4-5-6-7(2)8-3;1-2/h4-6,8H,1-3H3;1-2H3/b5-4-,7-6+;. The monoisotopic (exact) mass is 141 g/mol. The van der Waals surface area contributed by atoms with E-state index in [0.29, 0.717) is 0 Å². The molecule has 0 radical (unpaired) electrons. The molecule has 0 aliphatic carbocycles. The van der Waals surface area contributed by atoms with Crippen LogP contribution in [0.2, 0.25) is 0 Å². The van der Waals surface area contributed by atoms with Gasteiger partial charge in [0, 0.05) is 12.7 Å². The molecule has 0 aromatic rings. The van der Waals surface area contributed by atoms with Gasteiger partial charge in [-0.15, -0.1) is 0 Å². The van der Waals surface area contributed by atoms with Crippen molar-refractivity contribution in [1.82, 2.24) is 5.32 Å². The third kappa shape index (κ3) is 10.3. The molecule has 10 heavy (non-hydrogen) atoms. The highest BCUT2D eigenvalue weighted by Gasteiger charge is 1.72. The molecule has 0 aliphatic heterocycles. The summed E-state index contributed by atoms with van der Waals surface area (Å²) in [6.07, 6.45) is 6.03. The van der Waals surface area contributed by atoms with Crippen molar-refractivity contribution in [1.29, 1.82) is 0 Å². The lowest BCUT2D eigenvalue weighted by molar-refractivity contribution is 0.990. The number of hydrogen-bond donors (Lipinski definition) is 1. The number of nitrogens with one attached hydrogen (secondary N) is 1. The Morgan fingerprint density at radius 3 is 2.10 bits per heavy atom. The van der Waals surface area contributed by atoms with Crippen LogP contribution in [0.25, 0.3) is 0 Å². The molecule has 0 saturated heterocycles. The average molecular weight is 141 g/mol. The molecule has 0 fully saturated rings. The van der Waals surface area contributed by atoms with Crippen molar-refractivity contribution in [2.75, 3.05) is 7.05 Å². The quantitative estimate of drug-likeness (QED) is 0.583. The van der Waals surface area contributed by atoms with E-state index in [4.69, 9.17) is 0 Å². The summed E-state index contributed by atoms with van der Waals surface area (Å²) in [7, 11) is 1.91. The van der Waals surface area contributed by atoms with Gasteiger partial charge in [0.25, 0.3) is 0 Å². The molecule has 0 unspecified atom stereocenters. The fourth-order valence-electron chi connectivity index (χ4n) is 0.324. The maximum atomic E-state index is 3.01. The van der Waals surface area contributed by atoms with Crippen LogP contribution in [-0.4, -0.2) is 7.05 Å². The molecule has 0 aliphatic rings. The fourth-order valence-corrected chi connectivity index (χ4v) is 0.324. The van der Waals surface area contributed by atoms with Gasteiger partial charge in [-0.25, -0.2) is 0 Å². The first-order valence-corrected chi connectivity index (χ1v) is 3.78. The molecule has 1 nitrogen and oxygen atoms in total. The minimum absolute atomic E-state index is 1.18. The summed E-state index contributed by atoms with van der Waals surface area (Å²) in [5.41, 5.74) is 1.18. The van der Waals surface area contributed by atoms with Gasteiger partial charge in [-0.05, 0) is 19.9 Å². The molecule has 0 bridgehead atoms. The van der Waals surface area contributed by atoms with Crippen molar-refractivity contribution >= 4 is 0 Å². The Labute approximate surface area is 64.8 Å². The van der Waals surface area contributed by atoms with Crippen LogP contribution >= 0.6 is 0 Å². The highest BCUT2D eigenvalue weighted by atomic mass is 14.8. The van der Waals surface area contributed by atoms with Gasteiger partial charge in [0.2, 0.25) is 0 Å². The second-order valence-corrected chi connectivity index (χ2v) is 1.63. The van der Waals surface area contributed by atoms with Crippen LogP contribution < -0.4 is 5.32 Å². The Bertz CT molecular complexity index is 101. The highest BCUT2D eigenvalue weighted by molar-refractivity contribution is 5.07. The highest BCUT2D eigenvalue weighted by Crippen LogP contribution is 1.83. The molecule has 0 saturated carbocycles. The summed E-state index contributed by atoms with van der Waals surface area (Å²) in [6.45, 7) is 8.03. The van der Waals surface area contributed by atoms with Gasteiger partial charge >= 0.3 is 0 Å². The van der Waals surface area contributed by atoms with Crippen molar-refractivity contribution in [3.8, 4) is 0 Å². The lowest BCUT2D eigenvalue weighted by atomic mass is 10.4. The fraction of sp³-hybridized carbons (Fsp3) is 0.556. The molecule has 60 valence electrons. The molecule has 1 heteroatoms. The summed E-state index contributed by atoms with van der Waals surface area (Å²) < 4.78 is 0. The van der Waals surface area contributed by atoms with Crippen LogP contribution in [0.4, 0.5) is 0 Å². The molecule has 0 atom stereocenters. The van der Waals surface area contributed by atoms with E-state index in [0.717, 1.165) is 0 Å². The van der Waals surface area contributed by atoms with Crippen molar-refractivity contribution in [2.24, 2.45) is 0 Å². The zero-order valence-corrected chi connectivity index (χ0v) is 7.73. The van der Waals surface area contributed by atoms with Gasteiger partial charge in [0.1, 0.15) is 0 Å². The number of allylic oxidation sites excluding steroid dienone is 4. The molecule has 0 rings (SSSR count). The van der Waals surface area contributed by atoms with Gasteiger partial charge in [0.15, 0.2) is 0 Å². The average Bonchev–Trinajstić information content (AvgIpc) is 2.04. The topological polar surface area (TPSA) is 12.0 Å². The molecule has 0 spiro atoms. The van der Waals surface area contributed by atoms with Crippen molar-refractivity contribution in [3.05, 3.63) is 23.9 Å². The normalized spacial score (nSPS) is 10.7. The molecule has 0 heterocycles. The number of hydrogen-bond acceptors (Lipinski definition) is 1. The minimum atomic E-state index is 1.18. The maximum absolute atomic E-state index is 3.01. The lowest BCUT2D eigenvalue weighted by Gasteiger charge is -1.92. The third-order valence-electron chi connectivity index (χ3n) is 0.933. The van der Waals surface area contributed by atoms with E-state index in [-0.39, 0.29) is 0 Å². The zero-order valence-electron chi connectivity index (χ0n) is 7.73. The first-order chi connectivity index (χ1) is 4.81. The largest absolute Gasteiger partial charge is 0.392 e. The first-order valence-electron chi connectivity index (χ1n) is 3.78. The maximum Gasteiger partial charge on any atom is 0.00723 e. The SMILES string of the molecule is C/C=C\C=C(/C)NC.CC. The van der Waals surface area contributed by atoms with Crippen LogP contribution in [0.3, 0.4) is 0 Å². The van der Waals surface area contributed by atoms with Gasteiger partial charge in [-0.1, -0.05) is 26.0 Å². The number of rotatable bonds is 2. The van der Waals surface area contributed by atoms with Crippen LogP contribution in [-0.2, 0) is 0 Å². The smallest absolute Gasteiger partial charge is 0.00723 e. The van der Waals surface area contributed by atoms with E-state index in [2.05, 4.69) is 5.32 Å². The minimum Gasteiger partial charge on any atom is -0.392 e. The Balaban J connectivity index is 0. The van der Waals surface area contributed by atoms with Crippen molar-refractivity contribution < 1.29 is 0 Å². The summed E-state index contributed by atoms with van der Waals surface area (Å²) in [5, 5.41) is 3.01. The van der Waals surface area contributed by atoms with Crippen LogP contribution in [0, 0.1) is 0 Å². The third-order valence-corrected chi connectivity index (χ3v) is 0.933. The summed E-state index contributed by atoms with van der Waals surface area (Å²) >= 11 is 0. The Kier molecular flexibility index (Phi) is 13.4. The Morgan fingerprint density at radius 2 is 1.80 bits per heavy atom. The van der Waals surface area contributed by atoms with Gasteiger partial charge in [-0.3, -0.25) is 0 Å². The van der Waals surface area contributed by atoms with E-state index < -0.39 is 0 Å². The van der Waals surface area contributed by atoms with E-state index in [1.54, 1.807) is 0 Å².